The Morgan fingerprint density at radius 2 is 2.11 bits per heavy atom. The van der Waals surface area contributed by atoms with Gasteiger partial charge in [0, 0.05) is 24.6 Å². The first-order chi connectivity index (χ1) is 8.40. The minimum Gasteiger partial charge on any atom is -0.382 e. The van der Waals surface area contributed by atoms with E-state index in [1.54, 1.807) is 0 Å². The maximum absolute atomic E-state index is 12.2. The summed E-state index contributed by atoms with van der Waals surface area (Å²) in [4.78, 5) is 0. The lowest BCUT2D eigenvalue weighted by Crippen LogP contribution is -2.67. The summed E-state index contributed by atoms with van der Waals surface area (Å²) in [5.74, 6) is 0. The van der Waals surface area contributed by atoms with Crippen LogP contribution in [0.3, 0.4) is 0 Å². The molecule has 0 radical (unpaired) electrons. The van der Waals surface area contributed by atoms with Gasteiger partial charge >= 0.3 is 6.18 Å². The van der Waals surface area contributed by atoms with Crippen molar-refractivity contribution in [2.45, 2.75) is 57.0 Å². The first-order valence-corrected chi connectivity index (χ1v) is 6.50. The molecule has 106 valence electrons. The average Bonchev–Trinajstić information content (AvgIpc) is 2.17. The van der Waals surface area contributed by atoms with Crippen molar-refractivity contribution in [3.8, 4) is 0 Å². The Balaban J connectivity index is 1.81. The van der Waals surface area contributed by atoms with Gasteiger partial charge in [0.15, 0.2) is 6.10 Å². The number of hydrogen-bond donors (Lipinski definition) is 2. The first kappa shape index (κ1) is 14.1. The molecule has 0 aliphatic heterocycles. The zero-order valence-electron chi connectivity index (χ0n) is 10.5. The largest absolute Gasteiger partial charge is 0.415 e. The number of alkyl halides is 3. The minimum atomic E-state index is -4.54. The zero-order valence-corrected chi connectivity index (χ0v) is 10.5. The molecule has 3 unspecified atom stereocenters. The topological polar surface area (TPSA) is 41.5 Å². The van der Waals surface area contributed by atoms with Crippen LogP contribution in [0.2, 0.25) is 0 Å². The third kappa shape index (κ3) is 2.38. The van der Waals surface area contributed by atoms with Crippen LogP contribution in [-0.2, 0) is 4.74 Å². The van der Waals surface area contributed by atoms with Gasteiger partial charge in [-0.05, 0) is 26.2 Å². The fourth-order valence-corrected chi connectivity index (χ4v) is 3.09. The number of rotatable bonds is 5. The van der Waals surface area contributed by atoms with Crippen LogP contribution in [0, 0.1) is 5.41 Å². The number of halogens is 3. The van der Waals surface area contributed by atoms with Crippen LogP contribution in [0.25, 0.3) is 0 Å². The highest BCUT2D eigenvalue weighted by molar-refractivity contribution is 5.12. The van der Waals surface area contributed by atoms with Crippen molar-refractivity contribution in [1.29, 1.82) is 0 Å². The van der Waals surface area contributed by atoms with Crippen molar-refractivity contribution in [3.63, 3.8) is 0 Å². The summed E-state index contributed by atoms with van der Waals surface area (Å²) >= 11 is 0. The van der Waals surface area contributed by atoms with E-state index in [-0.39, 0.29) is 17.6 Å². The summed E-state index contributed by atoms with van der Waals surface area (Å²) in [5, 5.41) is 11.8. The van der Waals surface area contributed by atoms with E-state index in [0.717, 1.165) is 25.7 Å². The van der Waals surface area contributed by atoms with Crippen molar-refractivity contribution >= 4 is 0 Å². The van der Waals surface area contributed by atoms with E-state index in [1.807, 2.05) is 6.92 Å². The molecule has 2 saturated carbocycles. The summed E-state index contributed by atoms with van der Waals surface area (Å²) in [6.45, 7) is 2.15. The Kier molecular flexibility index (Phi) is 3.90. The number of nitrogens with one attached hydrogen (secondary N) is 1. The molecule has 0 aromatic carbocycles. The van der Waals surface area contributed by atoms with Gasteiger partial charge in [0.1, 0.15) is 0 Å². The zero-order chi connectivity index (χ0) is 13.4. The molecule has 6 heteroatoms. The lowest BCUT2D eigenvalue weighted by atomic mass is 9.51. The summed E-state index contributed by atoms with van der Waals surface area (Å²) in [6.07, 6.45) is -2.75. The van der Waals surface area contributed by atoms with Crippen LogP contribution in [0.4, 0.5) is 13.2 Å². The molecule has 3 atom stereocenters. The second-order valence-corrected chi connectivity index (χ2v) is 5.28. The smallest absolute Gasteiger partial charge is 0.382 e. The van der Waals surface area contributed by atoms with Gasteiger partial charge in [0.05, 0.1) is 6.10 Å². The highest BCUT2D eigenvalue weighted by atomic mass is 19.4. The molecule has 0 saturated heterocycles. The van der Waals surface area contributed by atoms with E-state index in [4.69, 9.17) is 9.84 Å². The summed E-state index contributed by atoms with van der Waals surface area (Å²) < 4.78 is 42.2. The molecule has 1 spiro atoms. The van der Waals surface area contributed by atoms with E-state index in [1.165, 1.54) is 0 Å². The molecular formula is C12H20F3NO2. The van der Waals surface area contributed by atoms with Gasteiger partial charge < -0.3 is 15.2 Å². The van der Waals surface area contributed by atoms with Crippen LogP contribution in [-0.4, -0.2) is 42.7 Å². The van der Waals surface area contributed by atoms with Gasteiger partial charge in [-0.1, -0.05) is 6.42 Å². The maximum atomic E-state index is 12.2. The van der Waals surface area contributed by atoms with E-state index >= 15 is 0 Å². The fraction of sp³-hybridized carbons (Fsp3) is 1.00. The van der Waals surface area contributed by atoms with Gasteiger partial charge in [-0.3, -0.25) is 0 Å². The van der Waals surface area contributed by atoms with Crippen molar-refractivity contribution in [1.82, 2.24) is 5.32 Å². The second kappa shape index (κ2) is 4.98. The summed E-state index contributed by atoms with van der Waals surface area (Å²) in [7, 11) is 0. The van der Waals surface area contributed by atoms with E-state index < -0.39 is 18.8 Å². The minimum absolute atomic E-state index is 0.0291. The fourth-order valence-electron chi connectivity index (χ4n) is 3.09. The number of hydrogen-bond acceptors (Lipinski definition) is 3. The molecule has 2 N–H and O–H groups in total. The molecule has 2 aliphatic carbocycles. The highest BCUT2D eigenvalue weighted by Crippen LogP contribution is 2.57. The molecule has 0 amide bonds. The Morgan fingerprint density at radius 1 is 1.44 bits per heavy atom. The van der Waals surface area contributed by atoms with Crippen molar-refractivity contribution in [2.24, 2.45) is 5.41 Å². The van der Waals surface area contributed by atoms with Gasteiger partial charge in [0.25, 0.3) is 0 Å². The standard InChI is InChI=1S/C12H20F3NO2/c1-2-18-10-6-8(11(10)4-3-5-11)16-7-9(17)12(13,14)15/h8-10,16-17H,2-7H2,1H3. The Hall–Kier alpha value is -0.330. The van der Waals surface area contributed by atoms with Crippen LogP contribution in [0.1, 0.15) is 32.6 Å². The molecule has 3 nitrogen and oxygen atoms in total. The third-order valence-electron chi connectivity index (χ3n) is 4.37. The normalized spacial score (nSPS) is 31.8. The van der Waals surface area contributed by atoms with Crippen LogP contribution < -0.4 is 5.32 Å². The first-order valence-electron chi connectivity index (χ1n) is 6.50. The molecular weight excluding hydrogens is 247 g/mol. The van der Waals surface area contributed by atoms with E-state index in [0.29, 0.717) is 6.61 Å². The molecule has 2 fully saturated rings. The SMILES string of the molecule is CCOC1CC(NCC(O)C(F)(F)F)C12CCC2. The number of ether oxygens (including phenoxy) is 1. The average molecular weight is 267 g/mol. The third-order valence-corrected chi connectivity index (χ3v) is 4.37. The van der Waals surface area contributed by atoms with E-state index in [9.17, 15) is 13.2 Å². The molecule has 0 aromatic rings. The molecule has 0 aromatic heterocycles. The highest BCUT2D eigenvalue weighted by Gasteiger charge is 2.58. The van der Waals surface area contributed by atoms with Gasteiger partial charge in [-0.15, -0.1) is 0 Å². The Labute approximate surface area is 105 Å². The predicted molar refractivity (Wildman–Crippen MR) is 60.2 cm³/mol. The Morgan fingerprint density at radius 3 is 2.56 bits per heavy atom. The van der Waals surface area contributed by atoms with Crippen LogP contribution in [0.5, 0.6) is 0 Å². The van der Waals surface area contributed by atoms with Crippen molar-refractivity contribution in [3.05, 3.63) is 0 Å². The molecule has 18 heavy (non-hydrogen) atoms. The molecule has 0 heterocycles. The maximum Gasteiger partial charge on any atom is 0.415 e. The van der Waals surface area contributed by atoms with E-state index in [2.05, 4.69) is 5.32 Å². The monoisotopic (exact) mass is 267 g/mol. The van der Waals surface area contributed by atoms with Gasteiger partial charge in [0.2, 0.25) is 0 Å². The number of aliphatic hydroxyl groups is 1. The lowest BCUT2D eigenvalue weighted by Gasteiger charge is -2.61. The molecule has 0 bridgehead atoms. The van der Waals surface area contributed by atoms with Gasteiger partial charge in [-0.25, -0.2) is 0 Å². The summed E-state index contributed by atoms with van der Waals surface area (Å²) in [5.41, 5.74) is 0.0291. The number of aliphatic hydroxyl groups excluding tert-OH is 1. The quantitative estimate of drug-likeness (QED) is 0.798. The Bertz CT molecular complexity index is 292. The van der Waals surface area contributed by atoms with Crippen LogP contribution in [0.15, 0.2) is 0 Å². The van der Waals surface area contributed by atoms with Gasteiger partial charge in [-0.2, -0.15) is 13.2 Å². The molecule has 2 rings (SSSR count). The molecule has 2 aliphatic rings. The van der Waals surface area contributed by atoms with Crippen molar-refractivity contribution < 1.29 is 23.0 Å². The lowest BCUT2D eigenvalue weighted by molar-refractivity contribution is -0.209. The van der Waals surface area contributed by atoms with Crippen LogP contribution >= 0.6 is 0 Å². The van der Waals surface area contributed by atoms with Crippen molar-refractivity contribution in [2.75, 3.05) is 13.2 Å². The second-order valence-electron chi connectivity index (χ2n) is 5.28. The summed E-state index contributed by atoms with van der Waals surface area (Å²) in [6, 6.07) is 0.0554. The predicted octanol–water partition coefficient (Wildman–Crippen LogP) is 1.85.